The molecule has 3 amide bonds. The predicted molar refractivity (Wildman–Crippen MR) is 173 cm³/mol. The fourth-order valence-electron chi connectivity index (χ4n) is 4.30. The zero-order valence-electron chi connectivity index (χ0n) is 25.4. The summed E-state index contributed by atoms with van der Waals surface area (Å²) in [7, 11) is -11.5. The quantitative estimate of drug-likeness (QED) is 0.0757. The molecular formula is C27H45N6O9P3. The highest BCUT2D eigenvalue weighted by Gasteiger charge is 2.30. The van der Waals surface area contributed by atoms with Crippen LogP contribution in [0.15, 0.2) is 0 Å². The van der Waals surface area contributed by atoms with Crippen LogP contribution < -0.4 is 16.0 Å². The van der Waals surface area contributed by atoms with Crippen molar-refractivity contribution in [2.45, 2.75) is 19.3 Å². The molecule has 0 aromatic rings. The summed E-state index contributed by atoms with van der Waals surface area (Å²) in [4.78, 5) is 72.7. The number of amides is 3. The molecule has 15 nitrogen and oxygen atoms in total. The second kappa shape index (κ2) is 20.6. The van der Waals surface area contributed by atoms with Gasteiger partial charge in [0.05, 0.1) is 38.5 Å². The molecule has 45 heavy (non-hydrogen) atoms. The van der Waals surface area contributed by atoms with Gasteiger partial charge in [-0.15, -0.1) is 19.3 Å². The highest BCUT2D eigenvalue weighted by Crippen LogP contribution is 2.44. The van der Waals surface area contributed by atoms with Crippen molar-refractivity contribution in [1.29, 1.82) is 0 Å². The Morgan fingerprint density at radius 1 is 0.533 bits per heavy atom. The van der Waals surface area contributed by atoms with Gasteiger partial charge in [0.2, 0.25) is 39.8 Å². The predicted octanol–water partition coefficient (Wildman–Crippen LogP) is -0.992. The van der Waals surface area contributed by atoms with E-state index in [1.165, 1.54) is 0 Å². The Kier molecular flexibility index (Phi) is 18.6. The molecule has 3 unspecified atom stereocenters. The van der Waals surface area contributed by atoms with Crippen LogP contribution in [0.25, 0.3) is 0 Å². The largest absolute Gasteiger partial charge is 0.345 e. The van der Waals surface area contributed by atoms with E-state index in [0.29, 0.717) is 0 Å². The zero-order chi connectivity index (χ0) is 33.9. The Morgan fingerprint density at radius 3 is 0.956 bits per heavy atom. The molecule has 1 heterocycles. The molecule has 0 saturated carbocycles. The summed E-state index contributed by atoms with van der Waals surface area (Å²) < 4.78 is 39.0. The van der Waals surface area contributed by atoms with Crippen molar-refractivity contribution in [1.82, 2.24) is 30.7 Å². The second-order valence-corrected chi connectivity index (χ2v) is 17.9. The van der Waals surface area contributed by atoms with E-state index in [1.54, 1.807) is 14.7 Å². The Balaban J connectivity index is 3.00. The van der Waals surface area contributed by atoms with Gasteiger partial charge in [-0.2, -0.15) is 0 Å². The lowest BCUT2D eigenvalue weighted by molar-refractivity contribution is -0.121. The first kappa shape index (κ1) is 40.6. The van der Waals surface area contributed by atoms with Crippen molar-refractivity contribution in [2.24, 2.45) is 0 Å². The first-order valence-electron chi connectivity index (χ1n) is 14.3. The van der Waals surface area contributed by atoms with Crippen LogP contribution in [0.4, 0.5) is 0 Å². The van der Waals surface area contributed by atoms with E-state index < -0.39 is 39.8 Å². The topological polar surface area (TPSA) is 209 Å². The lowest BCUT2D eigenvalue weighted by Gasteiger charge is -2.28. The summed E-state index contributed by atoms with van der Waals surface area (Å²) in [6.45, 7) is 1.40. The maximum absolute atomic E-state index is 13.0. The van der Waals surface area contributed by atoms with Gasteiger partial charge in [-0.25, -0.2) is 0 Å². The maximum atomic E-state index is 13.0. The first-order chi connectivity index (χ1) is 21.1. The van der Waals surface area contributed by atoms with Crippen molar-refractivity contribution in [3.63, 3.8) is 0 Å². The van der Waals surface area contributed by atoms with Crippen LogP contribution in [0.1, 0.15) is 19.3 Å². The average molecular weight is 691 g/mol. The number of terminal acetylenes is 3. The van der Waals surface area contributed by atoms with E-state index >= 15 is 0 Å². The number of hydrogen-bond donors (Lipinski definition) is 6. The molecule has 1 aliphatic heterocycles. The van der Waals surface area contributed by atoms with Gasteiger partial charge in [0.15, 0.2) is 0 Å². The average Bonchev–Trinajstić information content (AvgIpc) is 3.05. The lowest BCUT2D eigenvalue weighted by atomic mass is 10.4. The van der Waals surface area contributed by atoms with Crippen LogP contribution in [0.3, 0.4) is 0 Å². The van der Waals surface area contributed by atoms with Crippen LogP contribution in [0, 0.1) is 37.0 Å². The third-order valence-electron chi connectivity index (χ3n) is 6.69. The van der Waals surface area contributed by atoms with E-state index in [0.717, 1.165) is 0 Å². The number of nitrogens with zero attached hydrogens (tertiary/aromatic N) is 3. The van der Waals surface area contributed by atoms with Gasteiger partial charge in [0.1, 0.15) is 0 Å². The number of rotatable bonds is 18. The molecule has 0 bridgehead atoms. The van der Waals surface area contributed by atoms with Crippen molar-refractivity contribution >= 4 is 39.8 Å². The van der Waals surface area contributed by atoms with Gasteiger partial charge in [-0.1, -0.05) is 17.8 Å². The molecule has 3 atom stereocenters. The first-order valence-corrected chi connectivity index (χ1v) is 20.4. The van der Waals surface area contributed by atoms with E-state index in [9.17, 15) is 42.8 Å². The van der Waals surface area contributed by atoms with Crippen molar-refractivity contribution in [3.05, 3.63) is 0 Å². The third-order valence-corrected chi connectivity index (χ3v) is 12.0. The van der Waals surface area contributed by atoms with Gasteiger partial charge in [0, 0.05) is 77.0 Å². The zero-order valence-corrected chi connectivity index (χ0v) is 28.1. The summed E-state index contributed by atoms with van der Waals surface area (Å²) >= 11 is 0. The third kappa shape index (κ3) is 19.6. The van der Waals surface area contributed by atoms with Crippen LogP contribution in [0.5, 0.6) is 0 Å². The van der Waals surface area contributed by atoms with Gasteiger partial charge >= 0.3 is 0 Å². The molecule has 0 aromatic carbocycles. The van der Waals surface area contributed by atoms with E-state index in [4.69, 9.17) is 19.3 Å². The molecule has 0 radical (unpaired) electrons. The molecule has 1 fully saturated rings. The van der Waals surface area contributed by atoms with Crippen LogP contribution in [0.2, 0.25) is 0 Å². The highest BCUT2D eigenvalue weighted by atomic mass is 31.2. The molecule has 1 aliphatic rings. The number of hydrogen-bond acceptors (Lipinski definition) is 9. The maximum Gasteiger partial charge on any atom is 0.221 e. The Hall–Kier alpha value is -2.46. The Morgan fingerprint density at radius 2 is 0.756 bits per heavy atom. The van der Waals surface area contributed by atoms with E-state index in [2.05, 4.69) is 33.7 Å². The molecule has 0 aromatic heterocycles. The normalized spacial score (nSPS) is 18.9. The number of carbonyl (C=O) groups is 3. The monoisotopic (exact) mass is 690 g/mol. The van der Waals surface area contributed by atoms with Gasteiger partial charge < -0.3 is 30.6 Å². The van der Waals surface area contributed by atoms with Gasteiger partial charge in [-0.05, 0) is 0 Å². The molecule has 18 heteroatoms. The second-order valence-electron chi connectivity index (χ2n) is 10.7. The van der Waals surface area contributed by atoms with Crippen molar-refractivity contribution < 1.29 is 42.8 Å². The Bertz CT molecular complexity index is 1110. The van der Waals surface area contributed by atoms with Crippen LogP contribution in [-0.2, 0) is 28.1 Å². The number of carbonyl (C=O) groups excluding carboxylic acids is 3. The highest BCUT2D eigenvalue weighted by molar-refractivity contribution is 7.58. The molecule has 1 saturated heterocycles. The standard InChI is InChI=1S/C27H45N6O9P3/c1-4-10-28-25(34)7-19-43(37,38)22-31-13-15-32(23-44(39,40)20-8-26(35)29-11-5-2)17-18-33(16-14-31)24-45(41,42)21-9-27(36)30-12-6-3/h1-3H,7-24H2,(H,28,34)(H,29,35)(H,30,36)(H,37,38)(H,39,40)(H,41,42). The van der Waals surface area contributed by atoms with Crippen molar-refractivity contribution in [2.75, 3.05) is 96.2 Å². The van der Waals surface area contributed by atoms with Crippen LogP contribution in [-0.4, -0.2) is 143 Å². The summed E-state index contributed by atoms with van der Waals surface area (Å²) in [6.07, 6.45) is 13.1. The summed E-state index contributed by atoms with van der Waals surface area (Å²) in [5.41, 5.74) is 0. The summed E-state index contributed by atoms with van der Waals surface area (Å²) in [6, 6.07) is 0. The fraction of sp³-hybridized carbons (Fsp3) is 0.667. The molecular weight excluding hydrogens is 645 g/mol. The minimum absolute atomic E-state index is 0.000938. The molecule has 1 rings (SSSR count). The minimum atomic E-state index is -3.83. The summed E-state index contributed by atoms with van der Waals surface area (Å²) in [5, 5.41) is 7.33. The molecule has 0 spiro atoms. The molecule has 6 N–H and O–H groups in total. The van der Waals surface area contributed by atoms with E-state index in [-0.39, 0.29) is 116 Å². The van der Waals surface area contributed by atoms with E-state index in [1.807, 2.05) is 0 Å². The van der Waals surface area contributed by atoms with Gasteiger partial charge in [0.25, 0.3) is 0 Å². The smallest absolute Gasteiger partial charge is 0.221 e. The summed E-state index contributed by atoms with van der Waals surface area (Å²) in [5.74, 6) is 5.39. The number of nitrogens with one attached hydrogen (secondary N) is 3. The molecule has 252 valence electrons. The Labute approximate surface area is 265 Å². The fourth-order valence-corrected chi connectivity index (χ4v) is 9.11. The minimum Gasteiger partial charge on any atom is -0.345 e. The van der Waals surface area contributed by atoms with Crippen LogP contribution >= 0.6 is 22.1 Å². The SMILES string of the molecule is C#CCNC(=O)CCP(=O)(O)CN1CCN(CP(=O)(O)CCC(=O)NCC#C)CCN(CP(=O)(O)CCC(=O)NCC#C)CC1. The van der Waals surface area contributed by atoms with Gasteiger partial charge in [-0.3, -0.25) is 42.8 Å². The molecule has 0 aliphatic carbocycles. The van der Waals surface area contributed by atoms with Crippen molar-refractivity contribution in [3.8, 4) is 37.0 Å². The lowest BCUT2D eigenvalue weighted by Crippen LogP contribution is -2.37.